The van der Waals surface area contributed by atoms with Crippen molar-refractivity contribution >= 4 is 18.0 Å². The molecule has 10 nitrogen and oxygen atoms in total. The Labute approximate surface area is 287 Å². The lowest BCUT2D eigenvalue weighted by molar-refractivity contribution is -0.141. The lowest BCUT2D eigenvalue weighted by Gasteiger charge is -2.24. The van der Waals surface area contributed by atoms with E-state index in [0.29, 0.717) is 18.8 Å². The Kier molecular flexibility index (Phi) is 12.7. The number of carboxylic acid groups (broad SMARTS) is 1. The molecule has 0 spiro atoms. The number of amides is 2. The van der Waals surface area contributed by atoms with Crippen molar-refractivity contribution < 1.29 is 29.0 Å². The molecule has 49 heavy (non-hydrogen) atoms. The summed E-state index contributed by atoms with van der Waals surface area (Å²) in [5.74, 6) is -0.483. The van der Waals surface area contributed by atoms with E-state index in [2.05, 4.69) is 22.2 Å². The molecule has 1 fully saturated rings. The Morgan fingerprint density at radius 1 is 0.857 bits per heavy atom. The van der Waals surface area contributed by atoms with Crippen molar-refractivity contribution in [3.63, 3.8) is 0 Å². The van der Waals surface area contributed by atoms with Crippen LogP contribution >= 0.6 is 0 Å². The highest BCUT2D eigenvalue weighted by Gasteiger charge is 2.35. The molecule has 10 heteroatoms. The molecule has 0 bridgehead atoms. The van der Waals surface area contributed by atoms with Crippen LogP contribution in [0.15, 0.2) is 91.3 Å². The zero-order valence-corrected chi connectivity index (χ0v) is 27.9. The summed E-state index contributed by atoms with van der Waals surface area (Å²) in [6.07, 6.45) is 9.45. The highest BCUT2D eigenvalue weighted by molar-refractivity contribution is 5.87. The number of rotatable bonds is 16. The van der Waals surface area contributed by atoms with Crippen molar-refractivity contribution in [3.05, 3.63) is 102 Å². The molecule has 2 heterocycles. The second-order valence-corrected chi connectivity index (χ2v) is 12.4. The second-order valence-electron chi connectivity index (χ2n) is 12.4. The van der Waals surface area contributed by atoms with E-state index in [-0.39, 0.29) is 25.5 Å². The van der Waals surface area contributed by atoms with E-state index in [1.807, 2.05) is 78.9 Å². The number of ether oxygens (including phenoxy) is 2. The van der Waals surface area contributed by atoms with Crippen LogP contribution in [0, 0.1) is 5.92 Å². The van der Waals surface area contributed by atoms with Gasteiger partial charge < -0.3 is 24.8 Å². The fourth-order valence-electron chi connectivity index (χ4n) is 5.78. The number of nitrogens with one attached hydrogen (secondary N) is 1. The van der Waals surface area contributed by atoms with Crippen LogP contribution in [-0.4, -0.2) is 63.7 Å². The SMILES string of the molecule is CCCCCCCOc1ccc(-c2cnc(-c3ccc(C[C@H](NC(=O)OCc4ccccc4)C(=O)N4CCC(C(=O)O)C4)cc3)nc2)cc1. The number of aliphatic carboxylic acids is 1. The smallest absolute Gasteiger partial charge is 0.408 e. The predicted molar refractivity (Wildman–Crippen MR) is 187 cm³/mol. The summed E-state index contributed by atoms with van der Waals surface area (Å²) in [5.41, 5.74) is 4.32. The van der Waals surface area contributed by atoms with Crippen LogP contribution in [-0.2, 0) is 27.4 Å². The minimum Gasteiger partial charge on any atom is -0.494 e. The van der Waals surface area contributed by atoms with E-state index < -0.39 is 24.0 Å². The van der Waals surface area contributed by atoms with Gasteiger partial charge >= 0.3 is 12.1 Å². The molecule has 1 aliphatic heterocycles. The minimum atomic E-state index is -0.931. The van der Waals surface area contributed by atoms with Gasteiger partial charge in [0.25, 0.3) is 0 Å². The van der Waals surface area contributed by atoms with Gasteiger partial charge in [0.1, 0.15) is 18.4 Å². The summed E-state index contributed by atoms with van der Waals surface area (Å²) in [6, 6.07) is 23.8. The van der Waals surface area contributed by atoms with Crippen molar-refractivity contribution in [2.45, 2.75) is 64.5 Å². The molecular formula is C39H44N4O6. The molecule has 256 valence electrons. The third-order valence-corrected chi connectivity index (χ3v) is 8.66. The molecule has 5 rings (SSSR count). The molecule has 1 saturated heterocycles. The van der Waals surface area contributed by atoms with E-state index in [1.165, 1.54) is 30.6 Å². The van der Waals surface area contributed by atoms with Crippen LogP contribution in [0.5, 0.6) is 5.75 Å². The number of hydrogen-bond acceptors (Lipinski definition) is 7. The van der Waals surface area contributed by atoms with Gasteiger partial charge in [-0.05, 0) is 41.7 Å². The summed E-state index contributed by atoms with van der Waals surface area (Å²) < 4.78 is 11.3. The van der Waals surface area contributed by atoms with Crippen molar-refractivity contribution in [2.24, 2.45) is 5.92 Å². The first-order valence-electron chi connectivity index (χ1n) is 17.0. The molecular weight excluding hydrogens is 620 g/mol. The number of unbranched alkanes of at least 4 members (excludes halogenated alkanes) is 4. The normalized spacial score (nSPS) is 14.6. The number of hydrogen-bond donors (Lipinski definition) is 2. The van der Waals surface area contributed by atoms with Gasteiger partial charge in [0.15, 0.2) is 5.82 Å². The molecule has 0 radical (unpaired) electrons. The molecule has 1 aliphatic rings. The third-order valence-electron chi connectivity index (χ3n) is 8.66. The number of carboxylic acids is 1. The van der Waals surface area contributed by atoms with Gasteiger partial charge in [-0.3, -0.25) is 9.59 Å². The van der Waals surface area contributed by atoms with Crippen molar-refractivity contribution in [2.75, 3.05) is 19.7 Å². The second kappa shape index (κ2) is 17.8. The summed E-state index contributed by atoms with van der Waals surface area (Å²) in [4.78, 5) is 48.4. The predicted octanol–water partition coefficient (Wildman–Crippen LogP) is 6.93. The Bertz CT molecular complexity index is 1650. The van der Waals surface area contributed by atoms with Gasteiger partial charge in [-0.15, -0.1) is 0 Å². The fourth-order valence-corrected chi connectivity index (χ4v) is 5.78. The molecule has 0 aliphatic carbocycles. The monoisotopic (exact) mass is 664 g/mol. The van der Waals surface area contributed by atoms with Crippen LogP contribution in [0.4, 0.5) is 4.79 Å². The molecule has 1 unspecified atom stereocenters. The Balaban J connectivity index is 1.19. The van der Waals surface area contributed by atoms with E-state index >= 15 is 0 Å². The third kappa shape index (κ3) is 10.4. The first-order chi connectivity index (χ1) is 23.9. The topological polar surface area (TPSA) is 131 Å². The van der Waals surface area contributed by atoms with Gasteiger partial charge in [-0.25, -0.2) is 14.8 Å². The Morgan fingerprint density at radius 2 is 1.55 bits per heavy atom. The van der Waals surface area contributed by atoms with Crippen LogP contribution in [0.3, 0.4) is 0 Å². The largest absolute Gasteiger partial charge is 0.494 e. The molecule has 2 atom stereocenters. The van der Waals surface area contributed by atoms with Gasteiger partial charge in [0.2, 0.25) is 5.91 Å². The Hall–Kier alpha value is -5.25. The highest BCUT2D eigenvalue weighted by atomic mass is 16.5. The number of alkyl carbamates (subject to hydrolysis) is 1. The van der Waals surface area contributed by atoms with Gasteiger partial charge in [0, 0.05) is 43.0 Å². The fraction of sp³-hybridized carbons (Fsp3) is 0.359. The maximum absolute atomic E-state index is 13.5. The van der Waals surface area contributed by atoms with Crippen LogP contribution in [0.2, 0.25) is 0 Å². The molecule has 2 amide bonds. The summed E-state index contributed by atoms with van der Waals surface area (Å²) in [6.45, 7) is 3.42. The molecule has 1 aromatic heterocycles. The van der Waals surface area contributed by atoms with Crippen LogP contribution < -0.4 is 10.1 Å². The Morgan fingerprint density at radius 3 is 2.22 bits per heavy atom. The van der Waals surface area contributed by atoms with Crippen LogP contribution in [0.25, 0.3) is 22.5 Å². The number of benzene rings is 3. The number of likely N-dealkylation sites (tertiary alicyclic amines) is 1. The average Bonchev–Trinajstić information content (AvgIpc) is 3.64. The first kappa shape index (κ1) is 35.1. The molecule has 2 N–H and O–H groups in total. The van der Waals surface area contributed by atoms with Gasteiger partial charge in [0.05, 0.1) is 12.5 Å². The van der Waals surface area contributed by atoms with Crippen LogP contribution in [0.1, 0.15) is 56.6 Å². The average molecular weight is 665 g/mol. The maximum Gasteiger partial charge on any atom is 0.408 e. The summed E-state index contributed by atoms with van der Waals surface area (Å²) in [7, 11) is 0. The van der Waals surface area contributed by atoms with E-state index in [4.69, 9.17) is 9.47 Å². The van der Waals surface area contributed by atoms with Gasteiger partial charge in [-0.2, -0.15) is 0 Å². The first-order valence-corrected chi connectivity index (χ1v) is 17.0. The lowest BCUT2D eigenvalue weighted by Crippen LogP contribution is -2.49. The molecule has 3 aromatic carbocycles. The summed E-state index contributed by atoms with van der Waals surface area (Å²) >= 11 is 0. The van der Waals surface area contributed by atoms with Crippen molar-refractivity contribution in [3.8, 4) is 28.3 Å². The number of nitrogens with zero attached hydrogens (tertiary/aromatic N) is 3. The number of aromatic nitrogens is 2. The van der Waals surface area contributed by atoms with E-state index in [1.54, 1.807) is 12.4 Å². The minimum absolute atomic E-state index is 0.0604. The van der Waals surface area contributed by atoms with E-state index in [9.17, 15) is 19.5 Å². The van der Waals surface area contributed by atoms with Gasteiger partial charge in [-0.1, -0.05) is 99.3 Å². The molecule has 4 aromatic rings. The van der Waals surface area contributed by atoms with E-state index in [0.717, 1.165) is 46.6 Å². The lowest BCUT2D eigenvalue weighted by atomic mass is 10.0. The zero-order chi connectivity index (χ0) is 34.4. The standard InChI is InChI=1S/C39H44N4O6/c1-2-3-4-5-9-22-48-34-18-16-30(17-19-34)33-24-40-36(41-25-33)31-14-12-28(13-15-31)23-35(37(44)43-21-20-32(26-43)38(45)46)42-39(47)49-27-29-10-7-6-8-11-29/h6-8,10-19,24-25,32,35H,2-5,9,20-23,26-27H2,1H3,(H,42,47)(H,45,46)/t32?,35-/m0/s1. The van der Waals surface area contributed by atoms with Crippen molar-refractivity contribution in [1.29, 1.82) is 0 Å². The summed E-state index contributed by atoms with van der Waals surface area (Å²) in [5, 5.41) is 12.1. The van der Waals surface area contributed by atoms with Crippen molar-refractivity contribution in [1.82, 2.24) is 20.2 Å². The maximum atomic E-state index is 13.5. The number of carbonyl (C=O) groups is 3. The quantitative estimate of drug-likeness (QED) is 0.123. The molecule has 0 saturated carbocycles. The highest BCUT2D eigenvalue weighted by Crippen LogP contribution is 2.24. The number of carbonyl (C=O) groups excluding carboxylic acids is 2. The zero-order valence-electron chi connectivity index (χ0n) is 27.9.